The van der Waals surface area contributed by atoms with E-state index >= 15 is 0 Å². The van der Waals surface area contributed by atoms with E-state index in [4.69, 9.17) is 11.6 Å². The van der Waals surface area contributed by atoms with Gasteiger partial charge in [-0.15, -0.1) is 0 Å². The highest BCUT2D eigenvalue weighted by molar-refractivity contribution is 6.31. The molecule has 1 saturated heterocycles. The van der Waals surface area contributed by atoms with Crippen LogP contribution in [-0.4, -0.2) is 19.0 Å². The summed E-state index contributed by atoms with van der Waals surface area (Å²) in [4.78, 5) is 14.8. The first kappa shape index (κ1) is 15.9. The highest BCUT2D eigenvalue weighted by Crippen LogP contribution is 2.30. The third kappa shape index (κ3) is 3.85. The number of amides is 1. The molecule has 120 valence electrons. The van der Waals surface area contributed by atoms with Crippen molar-refractivity contribution in [1.29, 1.82) is 0 Å². The van der Waals surface area contributed by atoms with Gasteiger partial charge in [-0.25, -0.2) is 0 Å². The van der Waals surface area contributed by atoms with Crippen molar-refractivity contribution in [2.45, 2.75) is 19.8 Å². The molecule has 1 aliphatic heterocycles. The van der Waals surface area contributed by atoms with Crippen molar-refractivity contribution in [2.24, 2.45) is 5.92 Å². The van der Waals surface area contributed by atoms with Gasteiger partial charge in [-0.05, 0) is 49.1 Å². The standard InChI is InChI=1S/C19H21ClN2O/c1-14-9-11-22(12-10-14)18-8-3-2-7-17(18)21-19(23)15-5-4-6-16(20)13-15/h2-8,13-14H,9-12H2,1H3,(H,21,23). The summed E-state index contributed by atoms with van der Waals surface area (Å²) >= 11 is 5.97. The van der Waals surface area contributed by atoms with Crippen LogP contribution in [0.2, 0.25) is 5.02 Å². The first-order valence-electron chi connectivity index (χ1n) is 8.04. The monoisotopic (exact) mass is 328 g/mol. The summed E-state index contributed by atoms with van der Waals surface area (Å²) in [6, 6.07) is 15.0. The maximum absolute atomic E-state index is 12.5. The molecular formula is C19H21ClN2O. The highest BCUT2D eigenvalue weighted by Gasteiger charge is 2.19. The molecule has 0 radical (unpaired) electrons. The fourth-order valence-electron chi connectivity index (χ4n) is 2.93. The molecule has 4 heteroatoms. The van der Waals surface area contributed by atoms with Gasteiger partial charge in [0.05, 0.1) is 11.4 Å². The molecule has 23 heavy (non-hydrogen) atoms. The number of rotatable bonds is 3. The molecule has 1 aliphatic rings. The van der Waals surface area contributed by atoms with Crippen molar-refractivity contribution >= 4 is 28.9 Å². The Balaban J connectivity index is 1.79. The number of benzene rings is 2. The molecule has 0 aromatic heterocycles. The summed E-state index contributed by atoms with van der Waals surface area (Å²) in [5, 5.41) is 3.59. The number of carbonyl (C=O) groups excluding carboxylic acids is 1. The third-order valence-electron chi connectivity index (χ3n) is 4.36. The van der Waals surface area contributed by atoms with E-state index < -0.39 is 0 Å². The van der Waals surface area contributed by atoms with E-state index in [2.05, 4.69) is 23.2 Å². The average Bonchev–Trinajstić information content (AvgIpc) is 2.56. The van der Waals surface area contributed by atoms with Crippen molar-refractivity contribution in [3.63, 3.8) is 0 Å². The summed E-state index contributed by atoms with van der Waals surface area (Å²) in [5.74, 6) is 0.643. The molecule has 0 unspecified atom stereocenters. The normalized spacial score (nSPS) is 15.5. The van der Waals surface area contributed by atoms with Gasteiger partial charge in [0.1, 0.15) is 0 Å². The lowest BCUT2D eigenvalue weighted by Gasteiger charge is -2.33. The number of hydrogen-bond acceptors (Lipinski definition) is 2. The number of nitrogens with zero attached hydrogens (tertiary/aromatic N) is 1. The fourth-order valence-corrected chi connectivity index (χ4v) is 3.12. The number of para-hydroxylation sites is 2. The van der Waals surface area contributed by atoms with Gasteiger partial charge < -0.3 is 10.2 Å². The lowest BCUT2D eigenvalue weighted by atomic mass is 9.98. The molecule has 0 aliphatic carbocycles. The van der Waals surface area contributed by atoms with Crippen LogP contribution in [0.25, 0.3) is 0 Å². The van der Waals surface area contributed by atoms with E-state index in [9.17, 15) is 4.79 Å². The van der Waals surface area contributed by atoms with Crippen LogP contribution in [0.15, 0.2) is 48.5 Å². The van der Waals surface area contributed by atoms with Crippen molar-refractivity contribution in [3.05, 3.63) is 59.1 Å². The van der Waals surface area contributed by atoms with Gasteiger partial charge in [0.2, 0.25) is 0 Å². The van der Waals surface area contributed by atoms with E-state index in [0.717, 1.165) is 30.4 Å². The molecule has 1 heterocycles. The Labute approximate surface area is 142 Å². The van der Waals surface area contributed by atoms with Crippen LogP contribution in [0.4, 0.5) is 11.4 Å². The average molecular weight is 329 g/mol. The Bertz CT molecular complexity index is 693. The van der Waals surface area contributed by atoms with Crippen LogP contribution in [0.3, 0.4) is 0 Å². The van der Waals surface area contributed by atoms with E-state index in [1.165, 1.54) is 12.8 Å². The number of carbonyl (C=O) groups is 1. The molecule has 2 aromatic carbocycles. The van der Waals surface area contributed by atoms with Crippen LogP contribution in [0.5, 0.6) is 0 Å². The van der Waals surface area contributed by atoms with Gasteiger partial charge in [0.15, 0.2) is 0 Å². The molecule has 1 amide bonds. The number of anilines is 2. The van der Waals surface area contributed by atoms with Crippen LogP contribution in [-0.2, 0) is 0 Å². The smallest absolute Gasteiger partial charge is 0.255 e. The molecule has 1 N–H and O–H groups in total. The van der Waals surface area contributed by atoms with Gasteiger partial charge in [-0.1, -0.05) is 36.7 Å². The predicted octanol–water partition coefficient (Wildman–Crippen LogP) is 4.83. The maximum atomic E-state index is 12.5. The minimum atomic E-state index is -0.134. The van der Waals surface area contributed by atoms with E-state index in [-0.39, 0.29) is 5.91 Å². The van der Waals surface area contributed by atoms with Gasteiger partial charge >= 0.3 is 0 Å². The Morgan fingerprint density at radius 2 is 1.87 bits per heavy atom. The minimum Gasteiger partial charge on any atom is -0.370 e. The van der Waals surface area contributed by atoms with Gasteiger partial charge in [-0.2, -0.15) is 0 Å². The zero-order valence-corrected chi connectivity index (χ0v) is 14.0. The summed E-state index contributed by atoms with van der Waals surface area (Å²) < 4.78 is 0. The molecule has 0 spiro atoms. The van der Waals surface area contributed by atoms with Crippen LogP contribution >= 0.6 is 11.6 Å². The second-order valence-electron chi connectivity index (χ2n) is 6.15. The minimum absolute atomic E-state index is 0.134. The number of hydrogen-bond donors (Lipinski definition) is 1. The molecule has 0 bridgehead atoms. The first-order valence-corrected chi connectivity index (χ1v) is 8.42. The zero-order valence-electron chi connectivity index (χ0n) is 13.3. The zero-order chi connectivity index (χ0) is 16.2. The summed E-state index contributed by atoms with van der Waals surface area (Å²) in [6.45, 7) is 4.36. The number of piperidine rings is 1. The SMILES string of the molecule is CC1CCN(c2ccccc2NC(=O)c2cccc(Cl)c2)CC1. The Hall–Kier alpha value is -2.00. The van der Waals surface area contributed by atoms with Gasteiger partial charge in [0.25, 0.3) is 5.91 Å². The lowest BCUT2D eigenvalue weighted by Crippen LogP contribution is -2.33. The fraction of sp³-hybridized carbons (Fsp3) is 0.316. The Morgan fingerprint density at radius 1 is 1.13 bits per heavy atom. The molecule has 3 nitrogen and oxygen atoms in total. The summed E-state index contributed by atoms with van der Waals surface area (Å²) in [6.07, 6.45) is 2.38. The van der Waals surface area contributed by atoms with Crippen molar-refractivity contribution in [1.82, 2.24) is 0 Å². The molecular weight excluding hydrogens is 308 g/mol. The second kappa shape index (κ2) is 7.05. The van der Waals surface area contributed by atoms with Crippen molar-refractivity contribution in [3.8, 4) is 0 Å². The topological polar surface area (TPSA) is 32.3 Å². The molecule has 1 fully saturated rings. The van der Waals surface area contributed by atoms with Crippen LogP contribution in [0.1, 0.15) is 30.1 Å². The summed E-state index contributed by atoms with van der Waals surface area (Å²) in [5.41, 5.74) is 2.52. The second-order valence-corrected chi connectivity index (χ2v) is 6.59. The van der Waals surface area contributed by atoms with E-state index in [1.807, 2.05) is 18.2 Å². The van der Waals surface area contributed by atoms with Gasteiger partial charge in [-0.3, -0.25) is 4.79 Å². The first-order chi connectivity index (χ1) is 11.1. The molecule has 2 aromatic rings. The van der Waals surface area contributed by atoms with Crippen LogP contribution < -0.4 is 10.2 Å². The number of nitrogens with one attached hydrogen (secondary N) is 1. The summed E-state index contributed by atoms with van der Waals surface area (Å²) in [7, 11) is 0. The Morgan fingerprint density at radius 3 is 2.61 bits per heavy atom. The van der Waals surface area contributed by atoms with Gasteiger partial charge in [0, 0.05) is 23.7 Å². The van der Waals surface area contributed by atoms with E-state index in [0.29, 0.717) is 10.6 Å². The quantitative estimate of drug-likeness (QED) is 0.875. The predicted molar refractivity (Wildman–Crippen MR) is 96.5 cm³/mol. The van der Waals surface area contributed by atoms with E-state index in [1.54, 1.807) is 24.3 Å². The maximum Gasteiger partial charge on any atom is 0.255 e. The largest absolute Gasteiger partial charge is 0.370 e. The molecule has 0 atom stereocenters. The lowest BCUT2D eigenvalue weighted by molar-refractivity contribution is 0.102. The molecule has 0 saturated carbocycles. The van der Waals surface area contributed by atoms with Crippen molar-refractivity contribution in [2.75, 3.05) is 23.3 Å². The highest BCUT2D eigenvalue weighted by atomic mass is 35.5. The Kier molecular flexibility index (Phi) is 4.87. The number of halogens is 1. The van der Waals surface area contributed by atoms with Crippen LogP contribution in [0, 0.1) is 5.92 Å². The molecule has 3 rings (SSSR count). The third-order valence-corrected chi connectivity index (χ3v) is 4.60. The van der Waals surface area contributed by atoms with Crippen molar-refractivity contribution < 1.29 is 4.79 Å².